The van der Waals surface area contributed by atoms with Crippen molar-refractivity contribution >= 4 is 9.84 Å². The van der Waals surface area contributed by atoms with Crippen LogP contribution in [0.1, 0.15) is 31.4 Å². The van der Waals surface area contributed by atoms with Crippen LogP contribution in [0.25, 0.3) is 0 Å². The van der Waals surface area contributed by atoms with Gasteiger partial charge in [0.05, 0.1) is 16.6 Å². The largest absolute Gasteiger partial charge is 0.507 e. The quantitative estimate of drug-likeness (QED) is 0.777. The highest BCUT2D eigenvalue weighted by atomic mass is 32.2. The molecule has 6 heteroatoms. The third kappa shape index (κ3) is 3.01. The third-order valence-electron chi connectivity index (χ3n) is 3.61. The molecule has 1 aromatic carbocycles. The van der Waals surface area contributed by atoms with Crippen LogP contribution in [0, 0.1) is 0 Å². The van der Waals surface area contributed by atoms with E-state index in [4.69, 9.17) is 0 Å². The molecule has 106 valence electrons. The van der Waals surface area contributed by atoms with E-state index in [1.807, 2.05) is 0 Å². The standard InChI is InChI=1S/C13H19NO4S/c1-9(13-11(15)5-2-6-12(13)16)14-8-10-4-3-7-19(10,17)18/h2,5-6,9-10,14-16H,3-4,7-8H2,1H3. The van der Waals surface area contributed by atoms with E-state index in [9.17, 15) is 18.6 Å². The lowest BCUT2D eigenvalue weighted by Crippen LogP contribution is -2.32. The second-order valence-corrected chi connectivity index (χ2v) is 7.37. The molecule has 0 bridgehead atoms. The van der Waals surface area contributed by atoms with E-state index in [1.54, 1.807) is 13.0 Å². The van der Waals surface area contributed by atoms with Gasteiger partial charge < -0.3 is 15.5 Å². The first kappa shape index (κ1) is 14.1. The molecule has 0 spiro atoms. The van der Waals surface area contributed by atoms with Crippen LogP contribution < -0.4 is 5.32 Å². The topological polar surface area (TPSA) is 86.6 Å². The minimum Gasteiger partial charge on any atom is -0.507 e. The molecule has 5 nitrogen and oxygen atoms in total. The molecule has 1 aliphatic rings. The number of hydrogen-bond acceptors (Lipinski definition) is 5. The fraction of sp³-hybridized carbons (Fsp3) is 0.538. The molecule has 1 aliphatic heterocycles. The highest BCUT2D eigenvalue weighted by Crippen LogP contribution is 2.32. The van der Waals surface area contributed by atoms with Crippen molar-refractivity contribution in [2.75, 3.05) is 12.3 Å². The van der Waals surface area contributed by atoms with Gasteiger partial charge in [-0.05, 0) is 31.9 Å². The Bertz CT molecular complexity index is 536. The Balaban J connectivity index is 2.04. The van der Waals surface area contributed by atoms with Crippen LogP contribution in [0.2, 0.25) is 0 Å². The van der Waals surface area contributed by atoms with Crippen LogP contribution in [-0.2, 0) is 9.84 Å². The SMILES string of the molecule is CC(NCC1CCCS1(=O)=O)c1c(O)cccc1O. The summed E-state index contributed by atoms with van der Waals surface area (Å²) in [5.41, 5.74) is 0.401. The van der Waals surface area contributed by atoms with Crippen molar-refractivity contribution in [3.63, 3.8) is 0 Å². The Hall–Kier alpha value is -1.27. The number of benzene rings is 1. The van der Waals surface area contributed by atoms with E-state index in [0.29, 0.717) is 24.9 Å². The first-order chi connectivity index (χ1) is 8.92. The fourth-order valence-electron chi connectivity index (χ4n) is 2.48. The number of phenols is 2. The number of nitrogens with one attached hydrogen (secondary N) is 1. The lowest BCUT2D eigenvalue weighted by Gasteiger charge is -2.19. The average molecular weight is 285 g/mol. The number of aromatic hydroxyl groups is 2. The Labute approximate surface area is 113 Å². The Morgan fingerprint density at radius 2 is 2.00 bits per heavy atom. The number of rotatable bonds is 4. The van der Waals surface area contributed by atoms with E-state index in [2.05, 4.69) is 5.32 Å². The molecule has 2 unspecified atom stereocenters. The molecule has 0 saturated carbocycles. The smallest absolute Gasteiger partial charge is 0.154 e. The minimum absolute atomic E-state index is 0.00859. The maximum Gasteiger partial charge on any atom is 0.154 e. The molecule has 0 aromatic heterocycles. The summed E-state index contributed by atoms with van der Waals surface area (Å²) in [5.74, 6) is 0.277. The van der Waals surface area contributed by atoms with Crippen LogP contribution in [0.4, 0.5) is 0 Å². The Morgan fingerprint density at radius 3 is 2.53 bits per heavy atom. The van der Waals surface area contributed by atoms with Gasteiger partial charge in [-0.1, -0.05) is 6.07 Å². The van der Waals surface area contributed by atoms with Crippen molar-refractivity contribution in [3.05, 3.63) is 23.8 Å². The maximum atomic E-state index is 11.7. The second-order valence-electron chi connectivity index (χ2n) is 4.97. The van der Waals surface area contributed by atoms with E-state index in [0.717, 1.165) is 0 Å². The van der Waals surface area contributed by atoms with E-state index in [1.165, 1.54) is 12.1 Å². The van der Waals surface area contributed by atoms with Gasteiger partial charge in [0.15, 0.2) is 9.84 Å². The van der Waals surface area contributed by atoms with Crippen molar-refractivity contribution in [1.29, 1.82) is 0 Å². The zero-order valence-electron chi connectivity index (χ0n) is 10.8. The van der Waals surface area contributed by atoms with Crippen LogP contribution in [0.5, 0.6) is 11.5 Å². The zero-order valence-corrected chi connectivity index (χ0v) is 11.7. The molecule has 2 rings (SSSR count). The van der Waals surface area contributed by atoms with Crippen LogP contribution >= 0.6 is 0 Å². The summed E-state index contributed by atoms with van der Waals surface area (Å²) < 4.78 is 23.4. The molecule has 0 aliphatic carbocycles. The maximum absolute atomic E-state index is 11.7. The number of phenolic OH excluding ortho intramolecular Hbond substituents is 2. The lowest BCUT2D eigenvalue weighted by molar-refractivity contribution is 0.418. The van der Waals surface area contributed by atoms with Gasteiger partial charge in [0.2, 0.25) is 0 Å². The molecule has 1 aromatic rings. The van der Waals surface area contributed by atoms with Gasteiger partial charge in [-0.2, -0.15) is 0 Å². The number of hydrogen-bond donors (Lipinski definition) is 3. The first-order valence-electron chi connectivity index (χ1n) is 6.37. The Morgan fingerprint density at radius 1 is 1.37 bits per heavy atom. The Kier molecular flexibility index (Phi) is 4.01. The molecule has 0 radical (unpaired) electrons. The molecule has 19 heavy (non-hydrogen) atoms. The third-order valence-corrected chi connectivity index (χ3v) is 5.88. The summed E-state index contributed by atoms with van der Waals surface area (Å²) in [6.07, 6.45) is 1.39. The van der Waals surface area contributed by atoms with Gasteiger partial charge in [-0.25, -0.2) is 8.42 Å². The molecule has 1 saturated heterocycles. The van der Waals surface area contributed by atoms with Gasteiger partial charge >= 0.3 is 0 Å². The summed E-state index contributed by atoms with van der Waals surface area (Å²) in [6.45, 7) is 2.13. The molecular weight excluding hydrogens is 266 g/mol. The summed E-state index contributed by atoms with van der Waals surface area (Å²) in [5, 5.41) is 22.2. The zero-order chi connectivity index (χ0) is 14.0. The van der Waals surface area contributed by atoms with Crippen molar-refractivity contribution in [1.82, 2.24) is 5.32 Å². The van der Waals surface area contributed by atoms with Crippen LogP contribution in [0.15, 0.2) is 18.2 Å². The van der Waals surface area contributed by atoms with Crippen molar-refractivity contribution in [2.45, 2.75) is 31.1 Å². The monoisotopic (exact) mass is 285 g/mol. The van der Waals surface area contributed by atoms with E-state index < -0.39 is 9.84 Å². The van der Waals surface area contributed by atoms with Crippen LogP contribution in [0.3, 0.4) is 0 Å². The molecule has 1 fully saturated rings. The van der Waals surface area contributed by atoms with Gasteiger partial charge in [0, 0.05) is 12.6 Å². The van der Waals surface area contributed by atoms with E-state index >= 15 is 0 Å². The normalized spacial score (nSPS) is 23.3. The van der Waals surface area contributed by atoms with Gasteiger partial charge in [0.1, 0.15) is 11.5 Å². The van der Waals surface area contributed by atoms with Gasteiger partial charge in [-0.15, -0.1) is 0 Å². The van der Waals surface area contributed by atoms with Crippen molar-refractivity contribution in [3.8, 4) is 11.5 Å². The van der Waals surface area contributed by atoms with Crippen LogP contribution in [-0.4, -0.2) is 36.2 Å². The molecule has 0 amide bonds. The highest BCUT2D eigenvalue weighted by molar-refractivity contribution is 7.92. The summed E-state index contributed by atoms with van der Waals surface area (Å²) in [4.78, 5) is 0. The van der Waals surface area contributed by atoms with Gasteiger partial charge in [0.25, 0.3) is 0 Å². The highest BCUT2D eigenvalue weighted by Gasteiger charge is 2.31. The summed E-state index contributed by atoms with van der Waals surface area (Å²) >= 11 is 0. The molecule has 3 N–H and O–H groups in total. The predicted octanol–water partition coefficient (Wildman–Crippen LogP) is 1.33. The van der Waals surface area contributed by atoms with Crippen molar-refractivity contribution < 1.29 is 18.6 Å². The molecular formula is C13H19NO4S. The van der Waals surface area contributed by atoms with Crippen molar-refractivity contribution in [2.24, 2.45) is 0 Å². The minimum atomic E-state index is -2.97. The fourth-order valence-corrected chi connectivity index (χ4v) is 4.26. The summed E-state index contributed by atoms with van der Waals surface area (Å²) in [7, 11) is -2.97. The summed E-state index contributed by atoms with van der Waals surface area (Å²) in [6, 6.07) is 4.25. The predicted molar refractivity (Wildman–Crippen MR) is 73.0 cm³/mol. The molecule has 1 heterocycles. The first-order valence-corrected chi connectivity index (χ1v) is 8.09. The van der Waals surface area contributed by atoms with Gasteiger partial charge in [-0.3, -0.25) is 0 Å². The van der Waals surface area contributed by atoms with E-state index in [-0.39, 0.29) is 28.5 Å². The average Bonchev–Trinajstić information content (AvgIpc) is 2.65. The second kappa shape index (κ2) is 5.38. The number of sulfone groups is 1. The lowest BCUT2D eigenvalue weighted by atomic mass is 10.1. The molecule has 2 atom stereocenters.